The number of unbranched alkanes of at least 4 members (excludes halogenated alkanes) is 3. The van der Waals surface area contributed by atoms with Crippen molar-refractivity contribution in [1.29, 1.82) is 0 Å². The van der Waals surface area contributed by atoms with E-state index in [-0.39, 0.29) is 5.97 Å². The minimum absolute atomic E-state index is 0.268. The standard InChI is InChI=1S/C14H20O2/c1-3-4-5-6-7-13-8-10-14(11-9-13)16-12(2)15/h8-11H,3-7H2,1-2H3. The maximum absolute atomic E-state index is 10.7. The second kappa shape index (κ2) is 7.04. The fourth-order valence-corrected chi connectivity index (χ4v) is 1.65. The molecule has 0 aliphatic rings. The quantitative estimate of drug-likeness (QED) is 0.415. The zero-order valence-electron chi connectivity index (χ0n) is 10.2. The molecule has 0 saturated heterocycles. The minimum Gasteiger partial charge on any atom is -0.427 e. The number of ether oxygens (including phenoxy) is 1. The number of aryl methyl sites for hydroxylation is 1. The molecule has 0 atom stereocenters. The summed E-state index contributed by atoms with van der Waals surface area (Å²) in [5.74, 6) is 0.362. The molecule has 2 heteroatoms. The summed E-state index contributed by atoms with van der Waals surface area (Å²) in [6, 6.07) is 7.78. The van der Waals surface area contributed by atoms with E-state index in [2.05, 4.69) is 6.92 Å². The molecular weight excluding hydrogens is 200 g/mol. The second-order valence-corrected chi connectivity index (χ2v) is 4.05. The van der Waals surface area contributed by atoms with Gasteiger partial charge in [0.2, 0.25) is 0 Å². The lowest BCUT2D eigenvalue weighted by Gasteiger charge is -2.03. The lowest BCUT2D eigenvalue weighted by molar-refractivity contribution is -0.131. The van der Waals surface area contributed by atoms with Crippen molar-refractivity contribution in [3.8, 4) is 5.75 Å². The predicted molar refractivity (Wildman–Crippen MR) is 65.6 cm³/mol. The average Bonchev–Trinajstić information content (AvgIpc) is 2.26. The van der Waals surface area contributed by atoms with Crippen molar-refractivity contribution in [2.75, 3.05) is 0 Å². The van der Waals surface area contributed by atoms with Crippen LogP contribution in [-0.2, 0) is 11.2 Å². The Morgan fingerprint density at radius 3 is 2.38 bits per heavy atom. The van der Waals surface area contributed by atoms with E-state index in [1.807, 2.05) is 24.3 Å². The number of hydrogen-bond acceptors (Lipinski definition) is 2. The first-order chi connectivity index (χ1) is 7.72. The normalized spacial score (nSPS) is 10.1. The van der Waals surface area contributed by atoms with Gasteiger partial charge >= 0.3 is 5.97 Å². The van der Waals surface area contributed by atoms with Gasteiger partial charge in [-0.2, -0.15) is 0 Å². The molecule has 0 aromatic heterocycles. The zero-order chi connectivity index (χ0) is 11.8. The van der Waals surface area contributed by atoms with Gasteiger partial charge in [-0.3, -0.25) is 4.79 Å². The van der Waals surface area contributed by atoms with Gasteiger partial charge in [-0.25, -0.2) is 0 Å². The summed E-state index contributed by atoms with van der Waals surface area (Å²) in [6.07, 6.45) is 6.22. The summed E-state index contributed by atoms with van der Waals surface area (Å²) < 4.78 is 4.97. The fourth-order valence-electron chi connectivity index (χ4n) is 1.65. The van der Waals surface area contributed by atoms with Crippen molar-refractivity contribution in [1.82, 2.24) is 0 Å². The van der Waals surface area contributed by atoms with Gasteiger partial charge in [0.05, 0.1) is 0 Å². The van der Waals surface area contributed by atoms with Crippen molar-refractivity contribution < 1.29 is 9.53 Å². The average molecular weight is 220 g/mol. The Hall–Kier alpha value is -1.31. The van der Waals surface area contributed by atoms with Crippen molar-refractivity contribution >= 4 is 5.97 Å². The van der Waals surface area contributed by atoms with Crippen molar-refractivity contribution in [2.45, 2.75) is 46.0 Å². The summed E-state index contributed by atoms with van der Waals surface area (Å²) in [5, 5.41) is 0. The van der Waals surface area contributed by atoms with E-state index < -0.39 is 0 Å². The summed E-state index contributed by atoms with van der Waals surface area (Å²) in [6.45, 7) is 3.63. The van der Waals surface area contributed by atoms with Crippen LogP contribution in [0.2, 0.25) is 0 Å². The molecule has 1 rings (SSSR count). The second-order valence-electron chi connectivity index (χ2n) is 4.05. The van der Waals surface area contributed by atoms with Crippen LogP contribution in [0.25, 0.3) is 0 Å². The molecule has 0 aliphatic heterocycles. The summed E-state index contributed by atoms with van der Waals surface area (Å²) in [5.41, 5.74) is 1.31. The van der Waals surface area contributed by atoms with Crippen LogP contribution >= 0.6 is 0 Å². The smallest absolute Gasteiger partial charge is 0.308 e. The van der Waals surface area contributed by atoms with Crippen LogP contribution in [0.15, 0.2) is 24.3 Å². The van der Waals surface area contributed by atoms with Crippen molar-refractivity contribution in [3.05, 3.63) is 29.8 Å². The van der Waals surface area contributed by atoms with E-state index in [4.69, 9.17) is 4.74 Å². The number of carbonyl (C=O) groups excluding carboxylic acids is 1. The van der Waals surface area contributed by atoms with Gasteiger partial charge in [0, 0.05) is 6.92 Å². The Balaban J connectivity index is 2.36. The SMILES string of the molecule is CCCCCCc1ccc(OC(C)=O)cc1. The van der Waals surface area contributed by atoms with Crippen LogP contribution < -0.4 is 4.74 Å². The minimum atomic E-state index is -0.268. The third kappa shape index (κ3) is 4.96. The van der Waals surface area contributed by atoms with E-state index in [1.165, 1.54) is 38.2 Å². The number of benzene rings is 1. The van der Waals surface area contributed by atoms with Gasteiger partial charge in [-0.1, -0.05) is 38.3 Å². The first-order valence-electron chi connectivity index (χ1n) is 5.99. The van der Waals surface area contributed by atoms with Gasteiger partial charge < -0.3 is 4.74 Å². The van der Waals surface area contributed by atoms with Gasteiger partial charge in [0.15, 0.2) is 0 Å². The highest BCUT2D eigenvalue weighted by molar-refractivity contribution is 5.69. The van der Waals surface area contributed by atoms with Crippen LogP contribution in [-0.4, -0.2) is 5.97 Å². The van der Waals surface area contributed by atoms with Crippen LogP contribution in [0, 0.1) is 0 Å². The molecule has 16 heavy (non-hydrogen) atoms. The summed E-state index contributed by atoms with van der Waals surface area (Å²) >= 11 is 0. The highest BCUT2D eigenvalue weighted by atomic mass is 16.5. The molecule has 0 aliphatic carbocycles. The highest BCUT2D eigenvalue weighted by Crippen LogP contribution is 2.14. The number of hydrogen-bond donors (Lipinski definition) is 0. The number of carbonyl (C=O) groups is 1. The Morgan fingerprint density at radius 2 is 1.81 bits per heavy atom. The predicted octanol–water partition coefficient (Wildman–Crippen LogP) is 3.73. The van der Waals surface area contributed by atoms with E-state index >= 15 is 0 Å². The Bertz CT molecular complexity index is 314. The summed E-state index contributed by atoms with van der Waals surface area (Å²) in [4.78, 5) is 10.7. The molecule has 0 spiro atoms. The fraction of sp³-hybridized carbons (Fsp3) is 0.500. The summed E-state index contributed by atoms with van der Waals surface area (Å²) in [7, 11) is 0. The molecule has 88 valence electrons. The third-order valence-corrected chi connectivity index (χ3v) is 2.50. The van der Waals surface area contributed by atoms with Crippen molar-refractivity contribution in [3.63, 3.8) is 0 Å². The molecule has 2 nitrogen and oxygen atoms in total. The van der Waals surface area contributed by atoms with Crippen molar-refractivity contribution in [2.24, 2.45) is 0 Å². The van der Waals surface area contributed by atoms with Crippen LogP contribution in [0.5, 0.6) is 5.75 Å². The van der Waals surface area contributed by atoms with Crippen LogP contribution in [0.1, 0.15) is 45.1 Å². The van der Waals surface area contributed by atoms with Gasteiger partial charge in [-0.15, -0.1) is 0 Å². The lowest BCUT2D eigenvalue weighted by atomic mass is 10.1. The molecule has 0 bridgehead atoms. The zero-order valence-corrected chi connectivity index (χ0v) is 10.2. The molecular formula is C14H20O2. The van der Waals surface area contributed by atoms with E-state index in [9.17, 15) is 4.79 Å². The lowest BCUT2D eigenvalue weighted by Crippen LogP contribution is -2.01. The Labute approximate surface area is 97.6 Å². The van der Waals surface area contributed by atoms with E-state index in [0.29, 0.717) is 5.75 Å². The molecule has 0 saturated carbocycles. The van der Waals surface area contributed by atoms with E-state index in [0.717, 1.165) is 6.42 Å². The molecule has 0 radical (unpaired) electrons. The maximum atomic E-state index is 10.7. The van der Waals surface area contributed by atoms with Gasteiger partial charge in [-0.05, 0) is 30.5 Å². The topological polar surface area (TPSA) is 26.3 Å². The number of rotatable bonds is 6. The Kier molecular flexibility index (Phi) is 5.62. The monoisotopic (exact) mass is 220 g/mol. The third-order valence-electron chi connectivity index (χ3n) is 2.50. The van der Waals surface area contributed by atoms with Crippen LogP contribution in [0.3, 0.4) is 0 Å². The molecule has 0 heterocycles. The molecule has 0 unspecified atom stereocenters. The van der Waals surface area contributed by atoms with E-state index in [1.54, 1.807) is 0 Å². The highest BCUT2D eigenvalue weighted by Gasteiger charge is 1.98. The molecule has 1 aromatic rings. The molecule has 1 aromatic carbocycles. The molecule has 0 fully saturated rings. The maximum Gasteiger partial charge on any atom is 0.308 e. The van der Waals surface area contributed by atoms with Gasteiger partial charge in [0.25, 0.3) is 0 Å². The first kappa shape index (κ1) is 12.8. The van der Waals surface area contributed by atoms with Gasteiger partial charge in [0.1, 0.15) is 5.75 Å². The molecule has 0 N–H and O–H groups in total. The molecule has 0 amide bonds. The first-order valence-corrected chi connectivity index (χ1v) is 5.99. The largest absolute Gasteiger partial charge is 0.427 e. The van der Waals surface area contributed by atoms with Crippen LogP contribution in [0.4, 0.5) is 0 Å². The number of esters is 1. The Morgan fingerprint density at radius 1 is 1.12 bits per heavy atom.